The van der Waals surface area contributed by atoms with Crippen molar-refractivity contribution in [1.29, 1.82) is 0 Å². The lowest BCUT2D eigenvalue weighted by atomic mass is 10.00. The van der Waals surface area contributed by atoms with E-state index in [1.807, 2.05) is 0 Å². The summed E-state index contributed by atoms with van der Waals surface area (Å²) in [6.07, 6.45) is 1.16. The van der Waals surface area contributed by atoms with Gasteiger partial charge in [0.2, 0.25) is 0 Å². The second-order valence-electron chi connectivity index (χ2n) is 6.73. The van der Waals surface area contributed by atoms with Gasteiger partial charge in [0, 0.05) is 32.2 Å². The molecule has 0 fully saturated rings. The zero-order chi connectivity index (χ0) is 16.7. The maximum Gasteiger partial charge on any atom is 0.191 e. The fourth-order valence-corrected chi connectivity index (χ4v) is 2.75. The van der Waals surface area contributed by atoms with E-state index in [1.54, 1.807) is 0 Å². The van der Waals surface area contributed by atoms with Crippen molar-refractivity contribution < 1.29 is 0 Å². The van der Waals surface area contributed by atoms with Crippen molar-refractivity contribution in [3.8, 4) is 0 Å². The Morgan fingerprint density at radius 2 is 1.92 bits per heavy atom. The predicted octanol–water partition coefficient (Wildman–Crippen LogP) is 3.26. The summed E-state index contributed by atoms with van der Waals surface area (Å²) in [5.74, 6) is 1.53. The van der Waals surface area contributed by atoms with E-state index in [1.165, 1.54) is 11.1 Å². The lowest BCUT2D eigenvalue weighted by Crippen LogP contribution is -2.44. The molecule has 0 aliphatic carbocycles. The molecular formula is C19H33IN4. The highest BCUT2D eigenvalue weighted by Gasteiger charge is 2.15. The molecule has 2 N–H and O–H groups in total. The molecule has 4 nitrogen and oxygen atoms in total. The van der Waals surface area contributed by atoms with E-state index in [0.717, 1.165) is 45.1 Å². The van der Waals surface area contributed by atoms with Crippen LogP contribution in [-0.2, 0) is 13.0 Å². The maximum atomic E-state index is 4.74. The molecular weight excluding hydrogens is 411 g/mol. The molecule has 5 heteroatoms. The summed E-state index contributed by atoms with van der Waals surface area (Å²) in [4.78, 5) is 7.24. The number of hydrogen-bond donors (Lipinski definition) is 2. The summed E-state index contributed by atoms with van der Waals surface area (Å²) < 4.78 is 0. The second kappa shape index (κ2) is 10.9. The van der Waals surface area contributed by atoms with Crippen molar-refractivity contribution in [2.45, 2.75) is 46.7 Å². The van der Waals surface area contributed by atoms with Crippen molar-refractivity contribution in [1.82, 2.24) is 15.5 Å². The van der Waals surface area contributed by atoms with Crippen LogP contribution in [0.15, 0.2) is 29.3 Å². The third-order valence-corrected chi connectivity index (χ3v) is 4.60. The lowest BCUT2D eigenvalue weighted by Gasteiger charge is -2.28. The largest absolute Gasteiger partial charge is 0.357 e. The summed E-state index contributed by atoms with van der Waals surface area (Å²) >= 11 is 0. The molecule has 0 saturated heterocycles. The minimum absolute atomic E-state index is 0. The van der Waals surface area contributed by atoms with Crippen LogP contribution in [0.4, 0.5) is 0 Å². The van der Waals surface area contributed by atoms with Gasteiger partial charge in [-0.3, -0.25) is 9.89 Å². The third kappa shape index (κ3) is 6.59. The highest BCUT2D eigenvalue weighted by molar-refractivity contribution is 14.0. The molecule has 0 spiro atoms. The van der Waals surface area contributed by atoms with E-state index in [2.05, 4.69) is 67.5 Å². The van der Waals surface area contributed by atoms with Crippen LogP contribution in [0.25, 0.3) is 0 Å². The van der Waals surface area contributed by atoms with Crippen LogP contribution in [0.5, 0.6) is 0 Å². The van der Waals surface area contributed by atoms with Gasteiger partial charge >= 0.3 is 0 Å². The van der Waals surface area contributed by atoms with Gasteiger partial charge in [-0.1, -0.05) is 38.1 Å². The molecule has 1 unspecified atom stereocenters. The quantitative estimate of drug-likeness (QED) is 0.402. The van der Waals surface area contributed by atoms with Gasteiger partial charge in [-0.15, -0.1) is 24.0 Å². The van der Waals surface area contributed by atoms with E-state index in [-0.39, 0.29) is 24.0 Å². The molecule has 1 aromatic carbocycles. The Balaban J connectivity index is 0.00000288. The van der Waals surface area contributed by atoms with E-state index in [0.29, 0.717) is 12.0 Å². The summed E-state index contributed by atoms with van der Waals surface area (Å²) in [6, 6.07) is 9.21. The average molecular weight is 444 g/mol. The average Bonchev–Trinajstić information content (AvgIpc) is 2.54. The molecule has 0 saturated carbocycles. The van der Waals surface area contributed by atoms with Crippen molar-refractivity contribution in [3.63, 3.8) is 0 Å². The van der Waals surface area contributed by atoms with Crippen LogP contribution < -0.4 is 10.6 Å². The smallest absolute Gasteiger partial charge is 0.191 e. The Morgan fingerprint density at radius 1 is 1.21 bits per heavy atom. The summed E-state index contributed by atoms with van der Waals surface area (Å²) in [6.45, 7) is 13.7. The Kier molecular flexibility index (Phi) is 9.66. The molecule has 0 bridgehead atoms. The minimum atomic E-state index is 0. The number of nitrogens with one attached hydrogen (secondary N) is 2. The number of halogens is 1. The Bertz CT molecular complexity index is 516. The van der Waals surface area contributed by atoms with Crippen LogP contribution in [-0.4, -0.2) is 43.1 Å². The van der Waals surface area contributed by atoms with Gasteiger partial charge in [0.05, 0.1) is 6.54 Å². The van der Waals surface area contributed by atoms with E-state index in [9.17, 15) is 0 Å². The van der Waals surface area contributed by atoms with Gasteiger partial charge in [0.25, 0.3) is 0 Å². The van der Waals surface area contributed by atoms with Crippen molar-refractivity contribution in [2.75, 3.05) is 26.2 Å². The number of benzene rings is 1. The normalized spacial score (nSPS) is 16.3. The number of fused-ring (bicyclic) bond motifs is 1. The Morgan fingerprint density at radius 3 is 2.58 bits per heavy atom. The van der Waals surface area contributed by atoms with Crippen LogP contribution in [0.3, 0.4) is 0 Å². The Labute approximate surface area is 164 Å². The van der Waals surface area contributed by atoms with Gasteiger partial charge in [0.1, 0.15) is 0 Å². The molecule has 1 heterocycles. The predicted molar refractivity (Wildman–Crippen MR) is 114 cm³/mol. The maximum absolute atomic E-state index is 4.74. The fraction of sp³-hybridized carbons (Fsp3) is 0.632. The van der Waals surface area contributed by atoms with Crippen molar-refractivity contribution >= 4 is 29.9 Å². The molecule has 0 radical (unpaired) electrons. The molecule has 2 rings (SSSR count). The first-order valence-electron chi connectivity index (χ1n) is 8.94. The summed E-state index contributed by atoms with van der Waals surface area (Å²) in [7, 11) is 0. The van der Waals surface area contributed by atoms with E-state index in [4.69, 9.17) is 4.99 Å². The van der Waals surface area contributed by atoms with Gasteiger partial charge in [-0.2, -0.15) is 0 Å². The van der Waals surface area contributed by atoms with Gasteiger partial charge in [0.15, 0.2) is 5.96 Å². The SMILES string of the molecule is CCNC(=NCCN1CCc2ccccc2C1)NC(C)C(C)C.I. The molecule has 136 valence electrons. The van der Waals surface area contributed by atoms with Gasteiger partial charge in [-0.05, 0) is 37.3 Å². The number of hydrogen-bond acceptors (Lipinski definition) is 2. The van der Waals surface area contributed by atoms with Crippen LogP contribution >= 0.6 is 24.0 Å². The number of nitrogens with zero attached hydrogens (tertiary/aromatic N) is 2. The van der Waals surface area contributed by atoms with Gasteiger partial charge in [-0.25, -0.2) is 0 Å². The highest BCUT2D eigenvalue weighted by atomic mass is 127. The zero-order valence-corrected chi connectivity index (χ0v) is 17.8. The third-order valence-electron chi connectivity index (χ3n) is 4.60. The Hall–Kier alpha value is -0.820. The molecule has 0 amide bonds. The molecule has 0 aromatic heterocycles. The number of aliphatic imine (C=N–C) groups is 1. The van der Waals surface area contributed by atoms with E-state index < -0.39 is 0 Å². The zero-order valence-electron chi connectivity index (χ0n) is 15.5. The molecule has 1 aliphatic rings. The van der Waals surface area contributed by atoms with E-state index >= 15 is 0 Å². The first kappa shape index (κ1) is 21.2. The molecule has 24 heavy (non-hydrogen) atoms. The highest BCUT2D eigenvalue weighted by Crippen LogP contribution is 2.17. The summed E-state index contributed by atoms with van der Waals surface area (Å²) in [5.41, 5.74) is 2.98. The molecule has 1 aromatic rings. The van der Waals surface area contributed by atoms with Crippen LogP contribution in [0, 0.1) is 5.92 Å². The summed E-state index contributed by atoms with van der Waals surface area (Å²) in [5, 5.41) is 6.83. The van der Waals surface area contributed by atoms with Crippen LogP contribution in [0.2, 0.25) is 0 Å². The van der Waals surface area contributed by atoms with Gasteiger partial charge < -0.3 is 10.6 Å². The monoisotopic (exact) mass is 444 g/mol. The van der Waals surface area contributed by atoms with Crippen molar-refractivity contribution in [3.05, 3.63) is 35.4 Å². The number of rotatable bonds is 6. The minimum Gasteiger partial charge on any atom is -0.357 e. The molecule has 1 aliphatic heterocycles. The second-order valence-corrected chi connectivity index (χ2v) is 6.73. The topological polar surface area (TPSA) is 39.7 Å². The first-order chi connectivity index (χ1) is 11.1. The van der Waals surface area contributed by atoms with Crippen molar-refractivity contribution in [2.24, 2.45) is 10.9 Å². The molecule has 1 atom stereocenters. The number of guanidine groups is 1. The fourth-order valence-electron chi connectivity index (χ4n) is 2.75. The lowest BCUT2D eigenvalue weighted by molar-refractivity contribution is 0.261. The first-order valence-corrected chi connectivity index (χ1v) is 8.94. The standard InChI is InChI=1S/C19H32N4.HI/c1-5-20-19(22-16(4)15(2)3)21-11-13-23-12-10-17-8-6-7-9-18(17)14-23;/h6-9,15-16H,5,10-14H2,1-4H3,(H2,20,21,22);1H. The van der Waals surface area contributed by atoms with Crippen LogP contribution in [0.1, 0.15) is 38.8 Å².